The number of fused-ring (bicyclic) bond motifs is 1. The van der Waals surface area contributed by atoms with Gasteiger partial charge in [-0.3, -0.25) is 0 Å². The molecule has 0 aromatic heterocycles. The third kappa shape index (κ3) is 3.89. The van der Waals surface area contributed by atoms with Crippen LogP contribution in [0.25, 0.3) is 0 Å². The third-order valence-corrected chi connectivity index (χ3v) is 4.15. The molecule has 1 unspecified atom stereocenters. The smallest absolute Gasteiger partial charge is 0.0604 e. The fourth-order valence-corrected chi connectivity index (χ4v) is 2.88. The fraction of sp³-hybridized carbons (Fsp3) is 0.647. The average molecular weight is 275 g/mol. The van der Waals surface area contributed by atoms with Crippen LogP contribution in [0.4, 0.5) is 11.4 Å². The van der Waals surface area contributed by atoms with Crippen molar-refractivity contribution in [2.75, 3.05) is 43.0 Å². The second-order valence-electron chi connectivity index (χ2n) is 5.89. The molecule has 1 aliphatic rings. The minimum absolute atomic E-state index is 0.637. The van der Waals surface area contributed by atoms with Gasteiger partial charge >= 0.3 is 0 Å². The number of hydrogen-bond acceptors (Lipinski definition) is 3. The van der Waals surface area contributed by atoms with Gasteiger partial charge in [-0.05, 0) is 44.9 Å². The Hall–Kier alpha value is -1.22. The molecule has 112 valence electrons. The summed E-state index contributed by atoms with van der Waals surface area (Å²) < 4.78 is 0. The van der Waals surface area contributed by atoms with E-state index in [9.17, 15) is 0 Å². The predicted molar refractivity (Wildman–Crippen MR) is 88.9 cm³/mol. The first-order valence-electron chi connectivity index (χ1n) is 8.01. The molecule has 0 amide bonds. The lowest BCUT2D eigenvalue weighted by Crippen LogP contribution is -2.40. The normalized spacial score (nSPS) is 16.1. The van der Waals surface area contributed by atoms with Gasteiger partial charge in [0.15, 0.2) is 0 Å². The molecule has 0 spiro atoms. The van der Waals surface area contributed by atoms with E-state index in [0.29, 0.717) is 6.04 Å². The second kappa shape index (κ2) is 7.53. The van der Waals surface area contributed by atoms with Crippen molar-refractivity contribution in [3.05, 3.63) is 24.3 Å². The molecular formula is C17H29N3. The largest absolute Gasteiger partial charge is 0.371 e. The zero-order chi connectivity index (χ0) is 14.4. The third-order valence-electron chi connectivity index (χ3n) is 4.15. The minimum Gasteiger partial charge on any atom is -0.371 e. The summed E-state index contributed by atoms with van der Waals surface area (Å²) in [5.74, 6) is 0. The first-order chi connectivity index (χ1) is 9.72. The van der Waals surface area contributed by atoms with Crippen molar-refractivity contribution in [3.63, 3.8) is 0 Å². The van der Waals surface area contributed by atoms with Gasteiger partial charge < -0.3 is 15.1 Å². The van der Waals surface area contributed by atoms with Crippen LogP contribution in [0.3, 0.4) is 0 Å². The van der Waals surface area contributed by atoms with Crippen LogP contribution in [0.2, 0.25) is 0 Å². The molecule has 0 radical (unpaired) electrons. The van der Waals surface area contributed by atoms with Crippen LogP contribution in [-0.4, -0.2) is 39.3 Å². The lowest BCUT2D eigenvalue weighted by Gasteiger charge is -2.37. The molecular weight excluding hydrogens is 246 g/mol. The maximum absolute atomic E-state index is 3.57. The molecule has 0 aliphatic carbocycles. The summed E-state index contributed by atoms with van der Waals surface area (Å²) in [7, 11) is 2.19. The molecule has 1 aromatic rings. The van der Waals surface area contributed by atoms with Gasteiger partial charge in [-0.15, -0.1) is 0 Å². The summed E-state index contributed by atoms with van der Waals surface area (Å²) in [5, 5.41) is 3.57. The molecule has 0 saturated carbocycles. The van der Waals surface area contributed by atoms with Crippen molar-refractivity contribution in [2.45, 2.75) is 39.2 Å². The van der Waals surface area contributed by atoms with Gasteiger partial charge in [-0.25, -0.2) is 0 Å². The number of likely N-dealkylation sites (N-methyl/N-ethyl adjacent to an activating group) is 1. The van der Waals surface area contributed by atoms with Crippen LogP contribution in [0, 0.1) is 0 Å². The Balaban J connectivity index is 1.84. The first-order valence-corrected chi connectivity index (χ1v) is 8.01. The lowest BCUT2D eigenvalue weighted by atomic mass is 10.1. The summed E-state index contributed by atoms with van der Waals surface area (Å²) in [4.78, 5) is 4.90. The van der Waals surface area contributed by atoms with Crippen LogP contribution >= 0.6 is 0 Å². The Morgan fingerprint density at radius 3 is 2.70 bits per heavy atom. The Morgan fingerprint density at radius 2 is 1.95 bits per heavy atom. The van der Waals surface area contributed by atoms with Gasteiger partial charge in [0.2, 0.25) is 0 Å². The zero-order valence-corrected chi connectivity index (χ0v) is 13.2. The molecule has 0 saturated heterocycles. The predicted octanol–water partition coefficient (Wildman–Crippen LogP) is 3.11. The number of benzene rings is 1. The van der Waals surface area contributed by atoms with Crippen molar-refractivity contribution in [1.82, 2.24) is 5.32 Å². The van der Waals surface area contributed by atoms with Crippen molar-refractivity contribution < 1.29 is 0 Å². The molecule has 1 atom stereocenters. The van der Waals surface area contributed by atoms with E-state index < -0.39 is 0 Å². The van der Waals surface area contributed by atoms with Gasteiger partial charge in [0.25, 0.3) is 0 Å². The van der Waals surface area contributed by atoms with Crippen LogP contribution in [0.15, 0.2) is 24.3 Å². The number of rotatable bonds is 7. The summed E-state index contributed by atoms with van der Waals surface area (Å²) in [5.41, 5.74) is 2.77. The molecule has 20 heavy (non-hydrogen) atoms. The maximum atomic E-state index is 3.57. The number of para-hydroxylation sites is 2. The molecule has 0 bridgehead atoms. The van der Waals surface area contributed by atoms with Crippen molar-refractivity contribution >= 4 is 11.4 Å². The van der Waals surface area contributed by atoms with Gasteiger partial charge in [0, 0.05) is 32.7 Å². The number of nitrogens with zero attached hydrogens (tertiary/aromatic N) is 2. The molecule has 1 N–H and O–H groups in total. The van der Waals surface area contributed by atoms with Gasteiger partial charge in [-0.2, -0.15) is 0 Å². The summed E-state index contributed by atoms with van der Waals surface area (Å²) in [6.07, 6.45) is 3.74. The van der Waals surface area contributed by atoms with Crippen molar-refractivity contribution in [1.29, 1.82) is 0 Å². The van der Waals surface area contributed by atoms with E-state index in [1.54, 1.807) is 0 Å². The Labute approximate surface area is 124 Å². The molecule has 3 nitrogen and oxygen atoms in total. The zero-order valence-electron chi connectivity index (χ0n) is 13.2. The van der Waals surface area contributed by atoms with Gasteiger partial charge in [0.05, 0.1) is 11.4 Å². The Bertz CT molecular complexity index is 405. The van der Waals surface area contributed by atoms with E-state index in [1.165, 1.54) is 37.2 Å². The summed E-state index contributed by atoms with van der Waals surface area (Å²) in [6, 6.07) is 9.40. The highest BCUT2D eigenvalue weighted by Gasteiger charge is 2.19. The highest BCUT2D eigenvalue weighted by molar-refractivity contribution is 5.72. The van der Waals surface area contributed by atoms with E-state index in [2.05, 4.69) is 60.3 Å². The topological polar surface area (TPSA) is 18.5 Å². The molecule has 2 rings (SSSR count). The Kier molecular flexibility index (Phi) is 5.72. The summed E-state index contributed by atoms with van der Waals surface area (Å²) in [6.45, 7) is 9.10. The van der Waals surface area contributed by atoms with Gasteiger partial charge in [-0.1, -0.05) is 19.1 Å². The van der Waals surface area contributed by atoms with E-state index in [-0.39, 0.29) is 0 Å². The van der Waals surface area contributed by atoms with Crippen molar-refractivity contribution in [2.24, 2.45) is 0 Å². The first kappa shape index (κ1) is 15.2. The molecule has 1 heterocycles. The highest BCUT2D eigenvalue weighted by Crippen LogP contribution is 2.31. The van der Waals surface area contributed by atoms with E-state index >= 15 is 0 Å². The molecule has 1 aromatic carbocycles. The number of nitrogens with one attached hydrogen (secondary N) is 1. The molecule has 0 fully saturated rings. The maximum Gasteiger partial charge on any atom is 0.0604 e. The van der Waals surface area contributed by atoms with Crippen LogP contribution in [-0.2, 0) is 0 Å². The Morgan fingerprint density at radius 1 is 1.20 bits per heavy atom. The minimum atomic E-state index is 0.637. The average Bonchev–Trinajstić information content (AvgIpc) is 2.48. The SMILES string of the molecule is CCCNC(C)CCCN1CCN(C)c2ccccc21. The quantitative estimate of drug-likeness (QED) is 0.825. The fourth-order valence-electron chi connectivity index (χ4n) is 2.88. The molecule has 3 heteroatoms. The molecule has 1 aliphatic heterocycles. The van der Waals surface area contributed by atoms with Crippen molar-refractivity contribution in [3.8, 4) is 0 Å². The van der Waals surface area contributed by atoms with E-state index in [1.807, 2.05) is 0 Å². The lowest BCUT2D eigenvalue weighted by molar-refractivity contribution is 0.495. The van der Waals surface area contributed by atoms with Gasteiger partial charge in [0.1, 0.15) is 0 Å². The van der Waals surface area contributed by atoms with Crippen LogP contribution in [0.1, 0.15) is 33.1 Å². The van der Waals surface area contributed by atoms with E-state index in [0.717, 1.165) is 19.6 Å². The van der Waals surface area contributed by atoms with Crippen LogP contribution in [0.5, 0.6) is 0 Å². The summed E-state index contributed by atoms with van der Waals surface area (Å²) >= 11 is 0. The van der Waals surface area contributed by atoms with Crippen LogP contribution < -0.4 is 15.1 Å². The standard InChI is InChI=1S/C17H29N3/c1-4-11-18-15(2)8-7-12-20-14-13-19(3)16-9-5-6-10-17(16)20/h5-6,9-10,15,18H,4,7-8,11-14H2,1-3H3. The monoisotopic (exact) mass is 275 g/mol. The second-order valence-corrected chi connectivity index (χ2v) is 5.89. The number of anilines is 2. The highest BCUT2D eigenvalue weighted by atomic mass is 15.2. The number of hydrogen-bond donors (Lipinski definition) is 1. The van der Waals surface area contributed by atoms with E-state index in [4.69, 9.17) is 0 Å².